The zero-order valence-electron chi connectivity index (χ0n) is 19.3. The molecule has 176 valence electrons. The normalized spacial score (nSPS) is 16.5. The van der Waals surface area contributed by atoms with Crippen LogP contribution in [0.2, 0.25) is 5.02 Å². The van der Waals surface area contributed by atoms with Crippen molar-refractivity contribution in [2.45, 2.75) is 39.2 Å². The van der Waals surface area contributed by atoms with Gasteiger partial charge in [0.25, 0.3) is 0 Å². The molecule has 0 bridgehead atoms. The summed E-state index contributed by atoms with van der Waals surface area (Å²) in [4.78, 5) is 11.3. The van der Waals surface area contributed by atoms with Crippen molar-refractivity contribution in [3.8, 4) is 11.5 Å². The van der Waals surface area contributed by atoms with Gasteiger partial charge >= 0.3 is 0 Å². The van der Waals surface area contributed by atoms with E-state index in [4.69, 9.17) is 21.1 Å². The molecule has 0 spiro atoms. The summed E-state index contributed by atoms with van der Waals surface area (Å²) in [5, 5.41) is 4.01. The molecular weight excluding hydrogens is 443 g/mol. The second-order valence-electron chi connectivity index (χ2n) is 8.69. The van der Waals surface area contributed by atoms with Crippen LogP contribution >= 0.6 is 11.6 Å². The van der Waals surface area contributed by atoms with Gasteiger partial charge in [-0.15, -0.1) is 0 Å². The Morgan fingerprint density at radius 1 is 1.21 bits per heavy atom. The number of fused-ring (bicyclic) bond motifs is 1. The van der Waals surface area contributed by atoms with Gasteiger partial charge in [0.15, 0.2) is 11.5 Å². The van der Waals surface area contributed by atoms with Gasteiger partial charge in [0.05, 0.1) is 24.3 Å². The van der Waals surface area contributed by atoms with Crippen LogP contribution in [-0.2, 0) is 0 Å². The molecule has 1 aromatic heterocycles. The average molecular weight is 473 g/mol. The number of rotatable bonds is 9. The largest absolute Gasteiger partial charge is 0.493 e. The maximum Gasteiger partial charge on any atom is 0.162 e. The zero-order chi connectivity index (χ0) is 23.4. The minimum Gasteiger partial charge on any atom is -0.493 e. The van der Waals surface area contributed by atoms with E-state index in [1.54, 1.807) is 13.2 Å². The number of nitrogens with zero attached hydrogens (tertiary/aromatic N) is 3. The molecule has 1 N–H and O–H groups in total. The molecule has 1 aliphatic rings. The van der Waals surface area contributed by atoms with Crippen LogP contribution in [-0.4, -0.2) is 47.7 Å². The fourth-order valence-corrected chi connectivity index (χ4v) is 4.66. The van der Waals surface area contributed by atoms with Gasteiger partial charge in [-0.2, -0.15) is 0 Å². The van der Waals surface area contributed by atoms with Crippen molar-refractivity contribution in [1.29, 1.82) is 0 Å². The third-order valence-electron chi connectivity index (χ3n) is 6.13. The van der Waals surface area contributed by atoms with E-state index in [2.05, 4.69) is 34.0 Å². The topological polar surface area (TPSA) is 59.5 Å². The van der Waals surface area contributed by atoms with Crippen LogP contribution in [0.3, 0.4) is 0 Å². The van der Waals surface area contributed by atoms with E-state index in [9.17, 15) is 4.39 Å². The van der Waals surface area contributed by atoms with E-state index >= 15 is 0 Å². The summed E-state index contributed by atoms with van der Waals surface area (Å²) >= 11 is 5.92. The predicted octanol–water partition coefficient (Wildman–Crippen LogP) is 6.06. The molecule has 0 amide bonds. The highest BCUT2D eigenvalue weighted by Gasteiger charge is 2.26. The molecule has 4 rings (SSSR count). The van der Waals surface area contributed by atoms with Gasteiger partial charge in [-0.1, -0.05) is 25.4 Å². The molecule has 0 unspecified atom stereocenters. The Morgan fingerprint density at radius 3 is 2.82 bits per heavy atom. The summed E-state index contributed by atoms with van der Waals surface area (Å²) in [6.07, 6.45) is 4.97. The Labute approximate surface area is 199 Å². The Kier molecular flexibility index (Phi) is 7.50. The summed E-state index contributed by atoms with van der Waals surface area (Å²) in [6.45, 7) is 7.38. The standard InChI is InChI=1S/C25H30ClFN4O2/c1-16(2)22-6-4-9-31(22)10-5-11-33-24-13-18-21(14-23(24)32-3)28-15-29-25(18)30-17-7-8-20(27)19(26)12-17/h7-8,12-16,22H,4-6,9-11H2,1-3H3,(H,28,29,30)/t22-/m0/s1. The molecule has 33 heavy (non-hydrogen) atoms. The number of ether oxygens (including phenoxy) is 2. The minimum absolute atomic E-state index is 0.0433. The Balaban J connectivity index is 1.49. The number of benzene rings is 2. The van der Waals surface area contributed by atoms with Crippen LogP contribution in [0, 0.1) is 11.7 Å². The molecule has 1 saturated heterocycles. The number of aromatic nitrogens is 2. The zero-order valence-corrected chi connectivity index (χ0v) is 20.0. The molecule has 0 aliphatic carbocycles. The molecule has 1 fully saturated rings. The third-order valence-corrected chi connectivity index (χ3v) is 6.42. The molecule has 8 heteroatoms. The summed E-state index contributed by atoms with van der Waals surface area (Å²) in [5.74, 6) is 2.05. The highest BCUT2D eigenvalue weighted by molar-refractivity contribution is 6.31. The van der Waals surface area contributed by atoms with E-state index in [0.717, 1.165) is 18.4 Å². The maximum atomic E-state index is 13.5. The summed E-state index contributed by atoms with van der Waals surface area (Å²) in [6, 6.07) is 8.84. The van der Waals surface area contributed by atoms with E-state index in [-0.39, 0.29) is 5.02 Å². The van der Waals surface area contributed by atoms with Gasteiger partial charge in [0.1, 0.15) is 18.0 Å². The quantitative estimate of drug-likeness (QED) is 0.382. The smallest absolute Gasteiger partial charge is 0.162 e. The second-order valence-corrected chi connectivity index (χ2v) is 9.10. The first kappa shape index (κ1) is 23.5. The first-order chi connectivity index (χ1) is 16.0. The van der Waals surface area contributed by atoms with Crippen LogP contribution < -0.4 is 14.8 Å². The van der Waals surface area contributed by atoms with Gasteiger partial charge in [-0.25, -0.2) is 14.4 Å². The van der Waals surface area contributed by atoms with Gasteiger partial charge in [0.2, 0.25) is 0 Å². The minimum atomic E-state index is -0.469. The average Bonchev–Trinajstić information content (AvgIpc) is 3.28. The summed E-state index contributed by atoms with van der Waals surface area (Å²) < 4.78 is 25.2. The SMILES string of the molecule is COc1cc2ncnc(Nc3ccc(F)c(Cl)c3)c2cc1OCCCN1CCC[C@H]1C(C)C. The summed E-state index contributed by atoms with van der Waals surface area (Å²) in [7, 11) is 1.62. The third kappa shape index (κ3) is 5.47. The van der Waals surface area contributed by atoms with Crippen LogP contribution in [0.1, 0.15) is 33.1 Å². The van der Waals surface area contributed by atoms with E-state index in [1.807, 2.05) is 12.1 Å². The Morgan fingerprint density at radius 2 is 2.06 bits per heavy atom. The number of hydrogen-bond donors (Lipinski definition) is 1. The van der Waals surface area contributed by atoms with Crippen LogP contribution in [0.25, 0.3) is 10.9 Å². The number of halogens is 2. The van der Waals surface area contributed by atoms with E-state index in [0.29, 0.717) is 47.1 Å². The second kappa shape index (κ2) is 10.5. The highest BCUT2D eigenvalue weighted by Crippen LogP contribution is 2.35. The van der Waals surface area contributed by atoms with Crippen molar-refractivity contribution in [3.63, 3.8) is 0 Å². The molecule has 2 heterocycles. The van der Waals surface area contributed by atoms with E-state index < -0.39 is 5.82 Å². The molecule has 6 nitrogen and oxygen atoms in total. The number of likely N-dealkylation sites (tertiary alicyclic amines) is 1. The molecule has 0 saturated carbocycles. The number of anilines is 2. The first-order valence-electron chi connectivity index (χ1n) is 11.4. The lowest BCUT2D eigenvalue weighted by Crippen LogP contribution is -2.34. The lowest BCUT2D eigenvalue weighted by molar-refractivity contribution is 0.186. The Hall–Kier alpha value is -2.64. The molecule has 3 aromatic rings. The molecule has 1 atom stereocenters. The fraction of sp³-hybridized carbons (Fsp3) is 0.440. The van der Waals surface area contributed by atoms with Gasteiger partial charge in [-0.05, 0) is 56.0 Å². The molecule has 2 aromatic carbocycles. The van der Waals surface area contributed by atoms with Crippen molar-refractivity contribution in [1.82, 2.24) is 14.9 Å². The van der Waals surface area contributed by atoms with E-state index in [1.165, 1.54) is 37.8 Å². The maximum absolute atomic E-state index is 13.5. The molecular formula is C25H30ClFN4O2. The van der Waals surface area contributed by atoms with Crippen LogP contribution in [0.4, 0.5) is 15.9 Å². The summed E-state index contributed by atoms with van der Waals surface area (Å²) in [5.41, 5.74) is 1.34. The molecule has 1 aliphatic heterocycles. The number of methoxy groups -OCH3 is 1. The van der Waals surface area contributed by atoms with Gasteiger partial charge in [0, 0.05) is 29.7 Å². The van der Waals surface area contributed by atoms with Crippen molar-refractivity contribution < 1.29 is 13.9 Å². The Bertz CT molecular complexity index is 1110. The number of nitrogens with one attached hydrogen (secondary N) is 1. The lowest BCUT2D eigenvalue weighted by Gasteiger charge is -2.27. The van der Waals surface area contributed by atoms with Gasteiger partial charge < -0.3 is 19.7 Å². The van der Waals surface area contributed by atoms with Gasteiger partial charge in [-0.3, -0.25) is 0 Å². The van der Waals surface area contributed by atoms with Crippen molar-refractivity contribution in [2.75, 3.05) is 32.1 Å². The van der Waals surface area contributed by atoms with Crippen LogP contribution in [0.5, 0.6) is 11.5 Å². The first-order valence-corrected chi connectivity index (χ1v) is 11.8. The van der Waals surface area contributed by atoms with Crippen molar-refractivity contribution in [3.05, 3.63) is 47.5 Å². The predicted molar refractivity (Wildman–Crippen MR) is 130 cm³/mol. The van der Waals surface area contributed by atoms with Crippen molar-refractivity contribution >= 4 is 34.0 Å². The molecule has 0 radical (unpaired) electrons. The highest BCUT2D eigenvalue weighted by atomic mass is 35.5. The lowest BCUT2D eigenvalue weighted by atomic mass is 10.0. The number of hydrogen-bond acceptors (Lipinski definition) is 6. The fourth-order valence-electron chi connectivity index (χ4n) is 4.48. The monoisotopic (exact) mass is 472 g/mol. The van der Waals surface area contributed by atoms with Crippen LogP contribution in [0.15, 0.2) is 36.7 Å². The van der Waals surface area contributed by atoms with Crippen molar-refractivity contribution in [2.24, 2.45) is 5.92 Å².